The van der Waals surface area contributed by atoms with E-state index in [1.54, 1.807) is 25.1 Å². The SMILES string of the molecule is Cc1conc1C(=O)N[C@H](c1nc2cc(CN3C[C@@H](C(F)(F)F)NC3=O)ccc2o1)C(C1CC1)C1CC1. The van der Waals surface area contributed by atoms with Gasteiger partial charge in [0.05, 0.1) is 6.54 Å². The molecule has 3 fully saturated rings. The molecule has 6 rings (SSSR count). The molecule has 0 spiro atoms. The third-order valence-electron chi connectivity index (χ3n) is 7.46. The molecule has 2 N–H and O–H groups in total. The Hall–Kier alpha value is -3.57. The summed E-state index contributed by atoms with van der Waals surface area (Å²) in [6.07, 6.45) is 1.30. The Balaban J connectivity index is 1.26. The lowest BCUT2D eigenvalue weighted by atomic mass is 9.89. The van der Waals surface area contributed by atoms with Crippen LogP contribution in [0.1, 0.15) is 59.2 Å². The van der Waals surface area contributed by atoms with Gasteiger partial charge in [-0.1, -0.05) is 11.2 Å². The molecule has 2 atom stereocenters. The number of halogens is 3. The number of carbonyl (C=O) groups excluding carboxylic acids is 2. The van der Waals surface area contributed by atoms with E-state index in [1.165, 1.54) is 6.26 Å². The van der Waals surface area contributed by atoms with Crippen molar-refractivity contribution in [3.63, 3.8) is 0 Å². The number of aromatic nitrogens is 2. The molecular formula is C25H26F3N5O4. The molecule has 12 heteroatoms. The summed E-state index contributed by atoms with van der Waals surface area (Å²) in [6, 6.07) is 2.02. The first-order valence-electron chi connectivity index (χ1n) is 12.4. The molecule has 37 heavy (non-hydrogen) atoms. The summed E-state index contributed by atoms with van der Waals surface area (Å²) < 4.78 is 50.1. The molecule has 2 aliphatic carbocycles. The molecule has 196 valence electrons. The molecule has 2 saturated carbocycles. The van der Waals surface area contributed by atoms with E-state index in [4.69, 9.17) is 13.9 Å². The molecule has 1 saturated heterocycles. The fourth-order valence-corrected chi connectivity index (χ4v) is 5.28. The number of rotatable bonds is 8. The summed E-state index contributed by atoms with van der Waals surface area (Å²) in [5.41, 5.74) is 2.49. The summed E-state index contributed by atoms with van der Waals surface area (Å²) in [6.45, 7) is 1.30. The van der Waals surface area contributed by atoms with E-state index < -0.39 is 30.8 Å². The first-order chi connectivity index (χ1) is 17.7. The van der Waals surface area contributed by atoms with Gasteiger partial charge in [-0.25, -0.2) is 9.78 Å². The van der Waals surface area contributed by atoms with Crippen LogP contribution >= 0.6 is 0 Å². The quantitative estimate of drug-likeness (QED) is 0.455. The van der Waals surface area contributed by atoms with Gasteiger partial charge in [0.15, 0.2) is 11.3 Å². The van der Waals surface area contributed by atoms with Gasteiger partial charge in [0.1, 0.15) is 23.9 Å². The lowest BCUT2D eigenvalue weighted by Crippen LogP contribution is -2.40. The van der Waals surface area contributed by atoms with E-state index in [0.717, 1.165) is 30.6 Å². The number of aryl methyl sites for hydroxylation is 1. The highest BCUT2D eigenvalue weighted by atomic mass is 19.4. The fraction of sp³-hybridized carbons (Fsp3) is 0.520. The van der Waals surface area contributed by atoms with E-state index in [2.05, 4.69) is 10.5 Å². The molecule has 0 unspecified atom stereocenters. The van der Waals surface area contributed by atoms with Crippen molar-refractivity contribution in [2.24, 2.45) is 17.8 Å². The highest BCUT2D eigenvalue weighted by Gasteiger charge is 2.49. The first-order valence-corrected chi connectivity index (χ1v) is 12.4. The lowest BCUT2D eigenvalue weighted by molar-refractivity contribution is -0.149. The van der Waals surface area contributed by atoms with Crippen molar-refractivity contribution in [3.05, 3.63) is 47.2 Å². The maximum Gasteiger partial charge on any atom is 0.410 e. The average molecular weight is 518 g/mol. The van der Waals surface area contributed by atoms with Crippen LogP contribution < -0.4 is 10.6 Å². The minimum atomic E-state index is -4.50. The Labute approximate surface area is 209 Å². The van der Waals surface area contributed by atoms with Crippen LogP contribution in [0.25, 0.3) is 11.1 Å². The molecule has 1 aliphatic heterocycles. The van der Waals surface area contributed by atoms with Gasteiger partial charge in [-0.2, -0.15) is 13.2 Å². The number of amides is 3. The van der Waals surface area contributed by atoms with Gasteiger partial charge in [0.25, 0.3) is 5.91 Å². The summed E-state index contributed by atoms with van der Waals surface area (Å²) in [5.74, 6) is 1.19. The van der Waals surface area contributed by atoms with Crippen molar-refractivity contribution >= 4 is 23.0 Å². The van der Waals surface area contributed by atoms with Crippen molar-refractivity contribution in [2.45, 2.75) is 57.4 Å². The zero-order valence-corrected chi connectivity index (χ0v) is 20.0. The molecule has 2 aromatic heterocycles. The molecule has 0 radical (unpaired) electrons. The Bertz CT molecular complexity index is 1330. The van der Waals surface area contributed by atoms with Crippen LogP contribution in [-0.2, 0) is 6.54 Å². The molecule has 3 amide bonds. The van der Waals surface area contributed by atoms with Gasteiger partial charge < -0.3 is 24.5 Å². The zero-order valence-electron chi connectivity index (χ0n) is 20.0. The Morgan fingerprint density at radius 3 is 2.57 bits per heavy atom. The normalized spacial score (nSPS) is 21.1. The summed E-state index contributed by atoms with van der Waals surface area (Å²) in [5, 5.41) is 8.89. The Morgan fingerprint density at radius 2 is 1.97 bits per heavy atom. The van der Waals surface area contributed by atoms with Crippen LogP contribution in [0, 0.1) is 24.7 Å². The summed E-state index contributed by atoms with van der Waals surface area (Å²) in [4.78, 5) is 30.9. The number of carbonyl (C=O) groups is 2. The van der Waals surface area contributed by atoms with E-state index >= 15 is 0 Å². The fourth-order valence-electron chi connectivity index (χ4n) is 5.28. The average Bonchev–Trinajstić information content (AvgIpc) is 3.74. The number of nitrogens with one attached hydrogen (secondary N) is 2. The smallest absolute Gasteiger partial charge is 0.410 e. The van der Waals surface area contributed by atoms with Gasteiger partial charge in [-0.05, 0) is 68.1 Å². The molecule has 9 nitrogen and oxygen atoms in total. The number of alkyl halides is 3. The minimum Gasteiger partial charge on any atom is -0.438 e. The highest BCUT2D eigenvalue weighted by molar-refractivity contribution is 5.93. The van der Waals surface area contributed by atoms with Crippen LogP contribution in [0.3, 0.4) is 0 Å². The maximum absolute atomic E-state index is 13.1. The van der Waals surface area contributed by atoms with Crippen molar-refractivity contribution in [3.8, 4) is 0 Å². The summed E-state index contributed by atoms with van der Waals surface area (Å²) in [7, 11) is 0. The number of benzene rings is 1. The lowest BCUT2D eigenvalue weighted by Gasteiger charge is -2.25. The molecule has 3 aliphatic rings. The largest absolute Gasteiger partial charge is 0.438 e. The number of oxazole rings is 1. The number of hydrogen-bond donors (Lipinski definition) is 2. The van der Waals surface area contributed by atoms with Crippen LogP contribution in [0.5, 0.6) is 0 Å². The highest BCUT2D eigenvalue weighted by Crippen LogP contribution is 2.54. The van der Waals surface area contributed by atoms with Crippen molar-refractivity contribution < 1.29 is 31.7 Å². The predicted molar refractivity (Wildman–Crippen MR) is 123 cm³/mol. The first kappa shape index (κ1) is 23.8. The van der Waals surface area contributed by atoms with E-state index in [-0.39, 0.29) is 24.1 Å². The van der Waals surface area contributed by atoms with Gasteiger partial charge in [0, 0.05) is 12.1 Å². The van der Waals surface area contributed by atoms with Gasteiger partial charge in [-0.3, -0.25) is 4.79 Å². The summed E-state index contributed by atoms with van der Waals surface area (Å²) >= 11 is 0. The third kappa shape index (κ3) is 4.76. The standard InChI is InChI=1S/C25H26F3N5O4/c1-12-11-36-32-20(12)22(34)31-21(19(14-3-4-14)15-5-6-15)23-29-16-8-13(2-7-17(16)37-23)9-33-10-18(25(26,27)28)30-24(33)35/h2,7-8,11,14-15,18-19,21H,3-6,9-10H2,1H3,(H,30,35)(H,31,34)/t18-,21-/m0/s1. The second kappa shape index (κ2) is 8.77. The molecule has 3 aromatic rings. The van der Waals surface area contributed by atoms with Crippen molar-refractivity contribution in [1.82, 2.24) is 25.7 Å². The topological polar surface area (TPSA) is 114 Å². The van der Waals surface area contributed by atoms with Gasteiger partial charge in [0.2, 0.25) is 5.89 Å². The number of fused-ring (bicyclic) bond motifs is 1. The molecule has 1 aromatic carbocycles. The zero-order chi connectivity index (χ0) is 25.9. The van der Waals surface area contributed by atoms with Crippen LogP contribution in [0.15, 0.2) is 33.4 Å². The number of urea groups is 1. The monoisotopic (exact) mass is 517 g/mol. The van der Waals surface area contributed by atoms with Crippen LogP contribution in [0.4, 0.5) is 18.0 Å². The number of nitrogens with zero attached hydrogens (tertiary/aromatic N) is 3. The molecular weight excluding hydrogens is 491 g/mol. The second-order valence-corrected chi connectivity index (χ2v) is 10.3. The molecule has 3 heterocycles. The van der Waals surface area contributed by atoms with Gasteiger partial charge >= 0.3 is 12.2 Å². The van der Waals surface area contributed by atoms with E-state index in [1.807, 2.05) is 5.32 Å². The van der Waals surface area contributed by atoms with Crippen LogP contribution in [-0.4, -0.2) is 45.7 Å². The molecule has 0 bridgehead atoms. The minimum absolute atomic E-state index is 0.00885. The number of hydrogen-bond acceptors (Lipinski definition) is 6. The van der Waals surface area contributed by atoms with Crippen molar-refractivity contribution in [1.29, 1.82) is 0 Å². The van der Waals surface area contributed by atoms with E-state index in [9.17, 15) is 22.8 Å². The Kier molecular flexibility index (Phi) is 5.64. The van der Waals surface area contributed by atoms with E-state index in [0.29, 0.717) is 40.0 Å². The maximum atomic E-state index is 13.1. The Morgan fingerprint density at radius 1 is 1.24 bits per heavy atom. The van der Waals surface area contributed by atoms with Crippen molar-refractivity contribution in [2.75, 3.05) is 6.54 Å². The third-order valence-corrected chi connectivity index (χ3v) is 7.46. The van der Waals surface area contributed by atoms with Gasteiger partial charge in [-0.15, -0.1) is 0 Å². The van der Waals surface area contributed by atoms with Crippen LogP contribution in [0.2, 0.25) is 0 Å². The second-order valence-electron chi connectivity index (χ2n) is 10.3. The predicted octanol–water partition coefficient (Wildman–Crippen LogP) is 4.49.